The van der Waals surface area contributed by atoms with Crippen molar-refractivity contribution in [3.05, 3.63) is 84.2 Å². The number of amides is 1. The first-order valence-corrected chi connectivity index (χ1v) is 8.30. The van der Waals surface area contributed by atoms with E-state index < -0.39 is 0 Å². The predicted octanol–water partition coefficient (Wildman–Crippen LogP) is 4.36. The second-order valence-corrected chi connectivity index (χ2v) is 5.65. The molecule has 0 saturated carbocycles. The molecule has 0 bridgehead atoms. The van der Waals surface area contributed by atoms with E-state index in [0.29, 0.717) is 16.8 Å². The Kier molecular flexibility index (Phi) is 5.25. The zero-order chi connectivity index (χ0) is 18.4. The number of nitriles is 1. The molecule has 1 aromatic heterocycles. The van der Waals surface area contributed by atoms with Crippen molar-refractivity contribution >= 4 is 23.0 Å². The molecule has 0 unspecified atom stereocenters. The lowest BCUT2D eigenvalue weighted by Gasteiger charge is -2.23. The minimum Gasteiger partial charge on any atom is -0.340 e. The Morgan fingerprint density at radius 3 is 2.65 bits per heavy atom. The Labute approximate surface area is 152 Å². The molecule has 2 aromatic carbocycles. The molecule has 0 radical (unpaired) electrons. The van der Waals surface area contributed by atoms with Gasteiger partial charge in [0.2, 0.25) is 0 Å². The summed E-state index contributed by atoms with van der Waals surface area (Å²) in [4.78, 5) is 18.7. The van der Waals surface area contributed by atoms with E-state index in [9.17, 15) is 4.79 Å². The van der Waals surface area contributed by atoms with Gasteiger partial charge in [-0.2, -0.15) is 5.26 Å². The Morgan fingerprint density at radius 1 is 1.12 bits per heavy atom. The van der Waals surface area contributed by atoms with Gasteiger partial charge in [0.25, 0.3) is 5.91 Å². The monoisotopic (exact) mass is 342 g/mol. The number of hydrogen-bond acceptors (Lipinski definition) is 4. The first-order valence-electron chi connectivity index (χ1n) is 8.30. The Bertz CT molecular complexity index is 947. The lowest BCUT2D eigenvalue weighted by molar-refractivity contribution is 0.102. The van der Waals surface area contributed by atoms with Gasteiger partial charge >= 0.3 is 0 Å². The van der Waals surface area contributed by atoms with Crippen LogP contribution in [0.5, 0.6) is 0 Å². The summed E-state index contributed by atoms with van der Waals surface area (Å²) in [5.41, 5.74) is 3.55. The number of pyridine rings is 1. The minimum absolute atomic E-state index is 0.247. The third kappa shape index (κ3) is 3.87. The number of carbonyl (C=O) groups excluding carboxylic acids is 1. The van der Waals surface area contributed by atoms with E-state index in [4.69, 9.17) is 5.26 Å². The van der Waals surface area contributed by atoms with Crippen LogP contribution in [0.1, 0.15) is 22.8 Å². The molecule has 0 aliphatic heterocycles. The maximum absolute atomic E-state index is 12.5. The maximum atomic E-state index is 12.5. The van der Waals surface area contributed by atoms with Crippen molar-refractivity contribution in [2.45, 2.75) is 6.92 Å². The molecule has 0 spiro atoms. The van der Waals surface area contributed by atoms with Gasteiger partial charge in [-0.05, 0) is 55.5 Å². The molecule has 0 aliphatic rings. The maximum Gasteiger partial charge on any atom is 0.255 e. The molecule has 1 heterocycles. The number of hydrogen-bond donors (Lipinski definition) is 1. The third-order valence-corrected chi connectivity index (χ3v) is 3.94. The van der Waals surface area contributed by atoms with Crippen LogP contribution in [-0.2, 0) is 0 Å². The van der Waals surface area contributed by atoms with Crippen LogP contribution in [0.2, 0.25) is 0 Å². The third-order valence-electron chi connectivity index (χ3n) is 3.94. The van der Waals surface area contributed by atoms with E-state index in [-0.39, 0.29) is 5.91 Å². The Morgan fingerprint density at radius 2 is 1.92 bits per heavy atom. The molecule has 3 aromatic rings. The van der Waals surface area contributed by atoms with Gasteiger partial charge in [0.05, 0.1) is 23.5 Å². The SMILES string of the molecule is CCN(c1cccnc1)c1cccc(NC(=O)c2cccc(C#N)c2)c1. The highest BCUT2D eigenvalue weighted by Crippen LogP contribution is 2.26. The zero-order valence-electron chi connectivity index (χ0n) is 14.4. The standard InChI is InChI=1S/C21H18N4O/c1-2-25(20-10-5-11-23-15-20)19-9-4-8-18(13-19)24-21(26)17-7-3-6-16(12-17)14-22/h3-13,15H,2H2,1H3,(H,24,26). The van der Waals surface area contributed by atoms with Crippen molar-refractivity contribution in [1.82, 2.24) is 4.98 Å². The average Bonchev–Trinajstić information content (AvgIpc) is 2.70. The van der Waals surface area contributed by atoms with Gasteiger partial charge < -0.3 is 10.2 Å². The molecule has 128 valence electrons. The molecular weight excluding hydrogens is 324 g/mol. The average molecular weight is 342 g/mol. The molecule has 3 rings (SSSR count). The van der Waals surface area contributed by atoms with Crippen molar-refractivity contribution < 1.29 is 4.79 Å². The second kappa shape index (κ2) is 7.95. The fourth-order valence-corrected chi connectivity index (χ4v) is 2.71. The van der Waals surface area contributed by atoms with E-state index in [0.717, 1.165) is 17.9 Å². The Balaban J connectivity index is 1.83. The molecule has 0 aliphatic carbocycles. The first kappa shape index (κ1) is 17.2. The molecule has 5 heteroatoms. The summed E-state index contributed by atoms with van der Waals surface area (Å²) in [6, 6.07) is 20.2. The first-order chi connectivity index (χ1) is 12.7. The number of nitrogens with one attached hydrogen (secondary N) is 1. The highest BCUT2D eigenvalue weighted by molar-refractivity contribution is 6.04. The van der Waals surface area contributed by atoms with Gasteiger partial charge in [-0.15, -0.1) is 0 Å². The summed E-state index contributed by atoms with van der Waals surface area (Å²) >= 11 is 0. The minimum atomic E-state index is -0.247. The largest absolute Gasteiger partial charge is 0.340 e. The predicted molar refractivity (Wildman–Crippen MR) is 102 cm³/mol. The summed E-state index contributed by atoms with van der Waals surface area (Å²) in [7, 11) is 0. The van der Waals surface area contributed by atoms with Gasteiger partial charge in [-0.25, -0.2) is 0 Å². The Hall–Kier alpha value is -3.65. The van der Waals surface area contributed by atoms with E-state index >= 15 is 0 Å². The highest BCUT2D eigenvalue weighted by atomic mass is 16.1. The summed E-state index contributed by atoms with van der Waals surface area (Å²) in [6.07, 6.45) is 3.55. The molecule has 0 atom stereocenters. The van der Waals surface area contributed by atoms with Crippen LogP contribution >= 0.6 is 0 Å². The molecule has 1 amide bonds. The number of nitrogens with zero attached hydrogens (tertiary/aromatic N) is 3. The number of rotatable bonds is 5. The van der Waals surface area contributed by atoms with Crippen LogP contribution < -0.4 is 10.2 Å². The van der Waals surface area contributed by atoms with Crippen molar-refractivity contribution in [1.29, 1.82) is 5.26 Å². The number of aromatic nitrogens is 1. The lowest BCUT2D eigenvalue weighted by atomic mass is 10.1. The molecular formula is C21H18N4O. The van der Waals surface area contributed by atoms with Crippen LogP contribution in [0.3, 0.4) is 0 Å². The molecule has 0 fully saturated rings. The van der Waals surface area contributed by atoms with Crippen LogP contribution in [-0.4, -0.2) is 17.4 Å². The van der Waals surface area contributed by atoms with Gasteiger partial charge in [0.15, 0.2) is 0 Å². The summed E-state index contributed by atoms with van der Waals surface area (Å²) < 4.78 is 0. The van der Waals surface area contributed by atoms with Crippen LogP contribution in [0.4, 0.5) is 17.1 Å². The van der Waals surface area contributed by atoms with Gasteiger partial charge in [0, 0.05) is 29.7 Å². The van der Waals surface area contributed by atoms with Gasteiger partial charge in [-0.1, -0.05) is 12.1 Å². The number of anilines is 3. The highest BCUT2D eigenvalue weighted by Gasteiger charge is 2.10. The molecule has 0 saturated heterocycles. The van der Waals surface area contributed by atoms with Crippen LogP contribution in [0, 0.1) is 11.3 Å². The van der Waals surface area contributed by atoms with E-state index in [1.165, 1.54) is 0 Å². The topological polar surface area (TPSA) is 69.0 Å². The van der Waals surface area contributed by atoms with Gasteiger partial charge in [-0.3, -0.25) is 9.78 Å². The van der Waals surface area contributed by atoms with E-state index in [1.54, 1.807) is 30.5 Å². The second-order valence-electron chi connectivity index (χ2n) is 5.65. The van der Waals surface area contributed by atoms with Crippen molar-refractivity contribution in [2.75, 3.05) is 16.8 Å². The summed E-state index contributed by atoms with van der Waals surface area (Å²) in [6.45, 7) is 2.83. The van der Waals surface area contributed by atoms with Crippen molar-refractivity contribution in [3.8, 4) is 6.07 Å². The van der Waals surface area contributed by atoms with Crippen molar-refractivity contribution in [3.63, 3.8) is 0 Å². The van der Waals surface area contributed by atoms with Crippen LogP contribution in [0.25, 0.3) is 0 Å². The van der Waals surface area contributed by atoms with Gasteiger partial charge in [0.1, 0.15) is 0 Å². The summed E-state index contributed by atoms with van der Waals surface area (Å²) in [5, 5.41) is 11.9. The number of carbonyl (C=O) groups is 1. The normalized spacial score (nSPS) is 10.0. The summed E-state index contributed by atoms with van der Waals surface area (Å²) in [5.74, 6) is -0.247. The lowest BCUT2D eigenvalue weighted by Crippen LogP contribution is -2.17. The van der Waals surface area contributed by atoms with Crippen molar-refractivity contribution in [2.24, 2.45) is 0 Å². The van der Waals surface area contributed by atoms with E-state index in [2.05, 4.69) is 22.1 Å². The fourth-order valence-electron chi connectivity index (χ4n) is 2.71. The number of benzene rings is 2. The molecule has 1 N–H and O–H groups in total. The quantitative estimate of drug-likeness (QED) is 0.748. The fraction of sp³-hybridized carbons (Fsp3) is 0.0952. The smallest absolute Gasteiger partial charge is 0.255 e. The molecule has 5 nitrogen and oxygen atoms in total. The zero-order valence-corrected chi connectivity index (χ0v) is 14.4. The van der Waals surface area contributed by atoms with E-state index in [1.807, 2.05) is 48.7 Å². The molecule has 26 heavy (non-hydrogen) atoms. The van der Waals surface area contributed by atoms with Crippen LogP contribution in [0.15, 0.2) is 73.1 Å².